The molecule has 1 aromatic heterocycles. The van der Waals surface area contributed by atoms with Crippen LogP contribution in [-0.2, 0) is 4.74 Å². The van der Waals surface area contributed by atoms with E-state index in [9.17, 15) is 4.79 Å². The minimum atomic E-state index is -0.447. The highest BCUT2D eigenvalue weighted by Crippen LogP contribution is 2.30. The molecule has 0 amide bonds. The van der Waals surface area contributed by atoms with Gasteiger partial charge in [0.05, 0.1) is 6.61 Å². The average Bonchev–Trinajstić information content (AvgIpc) is 2.73. The zero-order valence-electron chi connectivity index (χ0n) is 9.27. The summed E-state index contributed by atoms with van der Waals surface area (Å²) >= 11 is 3.23. The third-order valence-electron chi connectivity index (χ3n) is 2.25. The minimum Gasteiger partial charge on any atom is -0.460 e. The SMILES string of the molecule is CCOC(=O)c1oc(Br)cc1-c1ccccc1. The molecule has 88 valence electrons. The van der Waals surface area contributed by atoms with Gasteiger partial charge in [-0.15, -0.1) is 0 Å². The van der Waals surface area contributed by atoms with Gasteiger partial charge in [-0.25, -0.2) is 4.79 Å². The first-order valence-electron chi connectivity index (χ1n) is 5.24. The highest BCUT2D eigenvalue weighted by atomic mass is 79.9. The summed E-state index contributed by atoms with van der Waals surface area (Å²) in [5.41, 5.74) is 1.65. The van der Waals surface area contributed by atoms with Gasteiger partial charge in [-0.3, -0.25) is 0 Å². The standard InChI is InChI=1S/C13H11BrO3/c1-2-16-13(15)12-10(8-11(14)17-12)9-6-4-3-5-7-9/h3-8H,2H2,1H3. The average molecular weight is 295 g/mol. The molecule has 0 spiro atoms. The molecule has 17 heavy (non-hydrogen) atoms. The molecule has 0 N–H and O–H groups in total. The fraction of sp³-hybridized carbons (Fsp3) is 0.154. The van der Waals surface area contributed by atoms with Gasteiger partial charge in [0.1, 0.15) is 0 Å². The maximum Gasteiger partial charge on any atom is 0.374 e. The number of furan rings is 1. The predicted molar refractivity (Wildman–Crippen MR) is 67.8 cm³/mol. The van der Waals surface area contributed by atoms with Crippen LogP contribution in [0.5, 0.6) is 0 Å². The van der Waals surface area contributed by atoms with Crippen molar-refractivity contribution in [3.63, 3.8) is 0 Å². The van der Waals surface area contributed by atoms with E-state index in [-0.39, 0.29) is 5.76 Å². The first-order chi connectivity index (χ1) is 8.22. The Hall–Kier alpha value is -1.55. The van der Waals surface area contributed by atoms with Crippen molar-refractivity contribution in [3.05, 3.63) is 46.8 Å². The van der Waals surface area contributed by atoms with E-state index in [2.05, 4.69) is 15.9 Å². The Balaban J connectivity index is 2.44. The Morgan fingerprint density at radius 1 is 1.35 bits per heavy atom. The highest BCUT2D eigenvalue weighted by Gasteiger charge is 2.19. The number of benzene rings is 1. The molecule has 0 unspecified atom stereocenters. The van der Waals surface area contributed by atoms with Gasteiger partial charge in [0, 0.05) is 5.56 Å². The monoisotopic (exact) mass is 294 g/mol. The molecule has 0 atom stereocenters. The van der Waals surface area contributed by atoms with Crippen molar-refractivity contribution < 1.29 is 13.9 Å². The van der Waals surface area contributed by atoms with Crippen LogP contribution in [0.2, 0.25) is 0 Å². The number of carbonyl (C=O) groups is 1. The topological polar surface area (TPSA) is 39.4 Å². The number of ether oxygens (including phenoxy) is 1. The van der Waals surface area contributed by atoms with Crippen LogP contribution < -0.4 is 0 Å². The van der Waals surface area contributed by atoms with Gasteiger partial charge >= 0.3 is 5.97 Å². The highest BCUT2D eigenvalue weighted by molar-refractivity contribution is 9.10. The van der Waals surface area contributed by atoms with E-state index in [0.717, 1.165) is 11.1 Å². The lowest BCUT2D eigenvalue weighted by Gasteiger charge is -2.02. The lowest BCUT2D eigenvalue weighted by molar-refractivity contribution is 0.0490. The van der Waals surface area contributed by atoms with E-state index in [1.807, 2.05) is 30.3 Å². The van der Waals surface area contributed by atoms with Crippen LogP contribution in [0.1, 0.15) is 17.5 Å². The van der Waals surface area contributed by atoms with Crippen LogP contribution in [0.15, 0.2) is 45.5 Å². The first-order valence-corrected chi connectivity index (χ1v) is 6.03. The normalized spacial score (nSPS) is 10.2. The van der Waals surface area contributed by atoms with Crippen LogP contribution in [0.4, 0.5) is 0 Å². The van der Waals surface area contributed by atoms with Crippen LogP contribution in [-0.4, -0.2) is 12.6 Å². The van der Waals surface area contributed by atoms with Gasteiger partial charge in [0.15, 0.2) is 4.67 Å². The molecule has 0 bridgehead atoms. The van der Waals surface area contributed by atoms with E-state index in [0.29, 0.717) is 11.3 Å². The number of hydrogen-bond acceptors (Lipinski definition) is 3. The molecule has 0 aliphatic rings. The van der Waals surface area contributed by atoms with Crippen molar-refractivity contribution in [2.24, 2.45) is 0 Å². The van der Waals surface area contributed by atoms with Gasteiger partial charge in [0.2, 0.25) is 5.76 Å². The summed E-state index contributed by atoms with van der Waals surface area (Å²) in [6, 6.07) is 11.3. The summed E-state index contributed by atoms with van der Waals surface area (Å²) in [5, 5.41) is 0. The molecular weight excluding hydrogens is 284 g/mol. The number of esters is 1. The number of hydrogen-bond donors (Lipinski definition) is 0. The fourth-order valence-corrected chi connectivity index (χ4v) is 1.93. The summed E-state index contributed by atoms with van der Waals surface area (Å²) in [5.74, 6) is -0.220. The number of halogens is 1. The molecule has 0 aliphatic carbocycles. The summed E-state index contributed by atoms with van der Waals surface area (Å²) in [6.07, 6.45) is 0. The zero-order valence-corrected chi connectivity index (χ0v) is 10.9. The molecule has 0 fully saturated rings. The first kappa shape index (κ1) is 11.9. The molecule has 4 heteroatoms. The predicted octanol–water partition coefficient (Wildman–Crippen LogP) is 3.89. The molecular formula is C13H11BrO3. The number of carbonyl (C=O) groups excluding carboxylic acids is 1. The lowest BCUT2D eigenvalue weighted by atomic mass is 10.1. The van der Waals surface area contributed by atoms with Crippen molar-refractivity contribution >= 4 is 21.9 Å². The van der Waals surface area contributed by atoms with Crippen molar-refractivity contribution in [1.82, 2.24) is 0 Å². The lowest BCUT2D eigenvalue weighted by Crippen LogP contribution is -2.04. The molecule has 1 aromatic carbocycles. The van der Waals surface area contributed by atoms with Gasteiger partial charge in [0.25, 0.3) is 0 Å². The Kier molecular flexibility index (Phi) is 3.64. The maximum absolute atomic E-state index is 11.7. The van der Waals surface area contributed by atoms with Crippen molar-refractivity contribution in [1.29, 1.82) is 0 Å². The molecule has 0 saturated carbocycles. The van der Waals surface area contributed by atoms with E-state index < -0.39 is 5.97 Å². The third-order valence-corrected chi connectivity index (χ3v) is 2.64. The zero-order chi connectivity index (χ0) is 12.3. The summed E-state index contributed by atoms with van der Waals surface area (Å²) in [7, 11) is 0. The van der Waals surface area contributed by atoms with Crippen LogP contribution in [0.25, 0.3) is 11.1 Å². The van der Waals surface area contributed by atoms with Gasteiger partial charge in [-0.05, 0) is 34.5 Å². The Morgan fingerprint density at radius 2 is 2.06 bits per heavy atom. The van der Waals surface area contributed by atoms with Crippen molar-refractivity contribution in [2.75, 3.05) is 6.61 Å². The molecule has 2 rings (SSSR count). The van der Waals surface area contributed by atoms with Gasteiger partial charge < -0.3 is 9.15 Å². The molecule has 3 nitrogen and oxygen atoms in total. The van der Waals surface area contributed by atoms with Crippen molar-refractivity contribution in [2.45, 2.75) is 6.92 Å². The van der Waals surface area contributed by atoms with Gasteiger partial charge in [-0.2, -0.15) is 0 Å². The molecule has 0 saturated heterocycles. The Bertz CT molecular complexity index is 517. The van der Waals surface area contributed by atoms with Crippen LogP contribution >= 0.6 is 15.9 Å². The fourth-order valence-electron chi connectivity index (χ4n) is 1.54. The van der Waals surface area contributed by atoms with E-state index in [4.69, 9.17) is 9.15 Å². The van der Waals surface area contributed by atoms with E-state index in [1.165, 1.54) is 0 Å². The van der Waals surface area contributed by atoms with Crippen LogP contribution in [0, 0.1) is 0 Å². The largest absolute Gasteiger partial charge is 0.460 e. The third kappa shape index (κ3) is 2.58. The molecule has 1 heterocycles. The molecule has 0 radical (unpaired) electrons. The number of rotatable bonds is 3. The maximum atomic E-state index is 11.7. The Labute approximate surface area is 108 Å². The van der Waals surface area contributed by atoms with Gasteiger partial charge in [-0.1, -0.05) is 30.3 Å². The van der Waals surface area contributed by atoms with E-state index >= 15 is 0 Å². The summed E-state index contributed by atoms with van der Waals surface area (Å²) < 4.78 is 10.8. The molecule has 2 aromatic rings. The second-order valence-electron chi connectivity index (χ2n) is 3.38. The second kappa shape index (κ2) is 5.19. The van der Waals surface area contributed by atoms with E-state index in [1.54, 1.807) is 13.0 Å². The summed E-state index contributed by atoms with van der Waals surface area (Å²) in [6.45, 7) is 2.09. The quantitative estimate of drug-likeness (QED) is 0.806. The van der Waals surface area contributed by atoms with Crippen molar-refractivity contribution in [3.8, 4) is 11.1 Å². The summed E-state index contributed by atoms with van der Waals surface area (Å²) in [4.78, 5) is 11.7. The Morgan fingerprint density at radius 3 is 2.71 bits per heavy atom. The molecule has 0 aliphatic heterocycles. The van der Waals surface area contributed by atoms with Crippen LogP contribution in [0.3, 0.4) is 0 Å². The smallest absolute Gasteiger partial charge is 0.374 e. The second-order valence-corrected chi connectivity index (χ2v) is 4.16. The minimum absolute atomic E-state index is 0.227.